The lowest BCUT2D eigenvalue weighted by molar-refractivity contribution is 0.415. The van der Waals surface area contributed by atoms with Crippen LogP contribution in [0.3, 0.4) is 0 Å². The number of hydrogen-bond acceptors (Lipinski definition) is 4. The first kappa shape index (κ1) is 11.0. The van der Waals surface area contributed by atoms with Crippen molar-refractivity contribution in [2.24, 2.45) is 0 Å². The van der Waals surface area contributed by atoms with Crippen molar-refractivity contribution in [2.75, 3.05) is 12.4 Å². The number of nitrogens with zero attached hydrogens (tertiary/aromatic N) is 1. The molecule has 2 aromatic rings. The molecule has 1 N–H and O–H groups in total. The molecule has 3 nitrogen and oxygen atoms in total. The Labute approximate surface area is 99.1 Å². The summed E-state index contributed by atoms with van der Waals surface area (Å²) in [6.45, 7) is 2.85. The third-order valence-corrected chi connectivity index (χ3v) is 3.32. The standard InChI is InChI=1S/C12H14N2OS/c1-9-12(16-8-14-9)7-13-10-3-5-11(15-2)6-4-10/h3-6,8,13H,7H2,1-2H3. The summed E-state index contributed by atoms with van der Waals surface area (Å²) in [5.74, 6) is 0.875. The molecule has 0 saturated carbocycles. The second-order valence-electron chi connectivity index (χ2n) is 3.44. The second-order valence-corrected chi connectivity index (χ2v) is 4.38. The van der Waals surface area contributed by atoms with E-state index in [0.717, 1.165) is 23.7 Å². The Hall–Kier alpha value is -1.55. The summed E-state index contributed by atoms with van der Waals surface area (Å²) in [6, 6.07) is 7.91. The van der Waals surface area contributed by atoms with Crippen LogP contribution in [0.25, 0.3) is 0 Å². The Morgan fingerprint density at radius 3 is 2.62 bits per heavy atom. The van der Waals surface area contributed by atoms with E-state index < -0.39 is 0 Å². The summed E-state index contributed by atoms with van der Waals surface area (Å²) in [5, 5.41) is 3.35. The second kappa shape index (κ2) is 4.99. The maximum absolute atomic E-state index is 5.10. The third kappa shape index (κ3) is 2.52. The van der Waals surface area contributed by atoms with Crippen LogP contribution in [0.15, 0.2) is 29.8 Å². The number of nitrogens with one attached hydrogen (secondary N) is 1. The van der Waals surface area contributed by atoms with Gasteiger partial charge in [-0.1, -0.05) is 0 Å². The molecule has 2 rings (SSSR count). The molecule has 1 heterocycles. The molecule has 0 bridgehead atoms. The van der Waals surface area contributed by atoms with Gasteiger partial charge in [0.25, 0.3) is 0 Å². The Morgan fingerprint density at radius 2 is 2.06 bits per heavy atom. The fourth-order valence-corrected chi connectivity index (χ4v) is 2.10. The van der Waals surface area contributed by atoms with Gasteiger partial charge in [-0.25, -0.2) is 4.98 Å². The zero-order valence-electron chi connectivity index (χ0n) is 9.36. The van der Waals surface area contributed by atoms with E-state index in [1.54, 1.807) is 18.4 Å². The number of ether oxygens (including phenoxy) is 1. The van der Waals surface area contributed by atoms with Crippen molar-refractivity contribution >= 4 is 17.0 Å². The Kier molecular flexibility index (Phi) is 3.41. The van der Waals surface area contributed by atoms with Gasteiger partial charge >= 0.3 is 0 Å². The molecule has 1 aromatic carbocycles. The van der Waals surface area contributed by atoms with Crippen LogP contribution in [0.5, 0.6) is 5.75 Å². The summed E-state index contributed by atoms with van der Waals surface area (Å²) in [6.07, 6.45) is 0. The molecule has 0 saturated heterocycles. The van der Waals surface area contributed by atoms with Gasteiger partial charge in [-0.3, -0.25) is 0 Å². The van der Waals surface area contributed by atoms with Crippen LogP contribution in [0.1, 0.15) is 10.6 Å². The molecule has 0 radical (unpaired) electrons. The third-order valence-electron chi connectivity index (χ3n) is 2.39. The minimum Gasteiger partial charge on any atom is -0.497 e. The maximum Gasteiger partial charge on any atom is 0.119 e. The average Bonchev–Trinajstić information content (AvgIpc) is 2.73. The quantitative estimate of drug-likeness (QED) is 0.882. The largest absolute Gasteiger partial charge is 0.497 e. The van der Waals surface area contributed by atoms with Gasteiger partial charge in [-0.05, 0) is 31.2 Å². The highest BCUT2D eigenvalue weighted by atomic mass is 32.1. The molecular weight excluding hydrogens is 220 g/mol. The minimum absolute atomic E-state index is 0.822. The van der Waals surface area contributed by atoms with Crippen LogP contribution < -0.4 is 10.1 Å². The summed E-state index contributed by atoms with van der Waals surface area (Å²) in [4.78, 5) is 5.49. The van der Waals surface area contributed by atoms with Gasteiger partial charge in [0.05, 0.1) is 24.9 Å². The highest BCUT2D eigenvalue weighted by Gasteiger charge is 2.00. The molecule has 0 aliphatic heterocycles. The minimum atomic E-state index is 0.822. The van der Waals surface area contributed by atoms with Gasteiger partial charge in [0.2, 0.25) is 0 Å². The SMILES string of the molecule is COc1ccc(NCc2scnc2C)cc1. The Bertz CT molecular complexity index is 450. The molecule has 0 unspecified atom stereocenters. The number of rotatable bonds is 4. The Morgan fingerprint density at radius 1 is 1.31 bits per heavy atom. The number of benzene rings is 1. The first-order valence-electron chi connectivity index (χ1n) is 5.06. The summed E-state index contributed by atoms with van der Waals surface area (Å²) < 4.78 is 5.10. The van der Waals surface area contributed by atoms with E-state index in [2.05, 4.69) is 10.3 Å². The van der Waals surface area contributed by atoms with Gasteiger partial charge in [0, 0.05) is 10.6 Å². The lowest BCUT2D eigenvalue weighted by atomic mass is 10.3. The van der Waals surface area contributed by atoms with Crippen molar-refractivity contribution in [3.8, 4) is 5.75 Å². The molecule has 4 heteroatoms. The highest BCUT2D eigenvalue weighted by Crippen LogP contribution is 2.18. The molecule has 0 amide bonds. The number of anilines is 1. The molecule has 0 aliphatic carbocycles. The highest BCUT2D eigenvalue weighted by molar-refractivity contribution is 7.09. The average molecular weight is 234 g/mol. The van der Waals surface area contributed by atoms with Crippen molar-refractivity contribution in [1.82, 2.24) is 4.98 Å². The van der Waals surface area contributed by atoms with Gasteiger partial charge in [-0.15, -0.1) is 11.3 Å². The summed E-state index contributed by atoms with van der Waals surface area (Å²) >= 11 is 1.68. The molecule has 0 fully saturated rings. The molecule has 1 aromatic heterocycles. The monoisotopic (exact) mass is 234 g/mol. The number of thiazole rings is 1. The van der Waals surface area contributed by atoms with E-state index in [1.165, 1.54) is 4.88 Å². The van der Waals surface area contributed by atoms with Crippen molar-refractivity contribution in [3.05, 3.63) is 40.3 Å². The topological polar surface area (TPSA) is 34.1 Å². The fourth-order valence-electron chi connectivity index (χ4n) is 1.39. The molecule has 16 heavy (non-hydrogen) atoms. The summed E-state index contributed by atoms with van der Waals surface area (Å²) in [5.41, 5.74) is 4.07. The van der Waals surface area contributed by atoms with Crippen molar-refractivity contribution < 1.29 is 4.74 Å². The van der Waals surface area contributed by atoms with E-state index in [0.29, 0.717) is 0 Å². The Balaban J connectivity index is 1.97. The van der Waals surface area contributed by atoms with Crippen LogP contribution in [-0.4, -0.2) is 12.1 Å². The van der Waals surface area contributed by atoms with Crippen LogP contribution in [-0.2, 0) is 6.54 Å². The van der Waals surface area contributed by atoms with Gasteiger partial charge in [0.1, 0.15) is 5.75 Å². The molecule has 84 valence electrons. The first-order chi connectivity index (χ1) is 7.79. The first-order valence-corrected chi connectivity index (χ1v) is 5.94. The molecule has 0 spiro atoms. The molecule has 0 aliphatic rings. The van der Waals surface area contributed by atoms with Crippen molar-refractivity contribution in [3.63, 3.8) is 0 Å². The van der Waals surface area contributed by atoms with Crippen LogP contribution >= 0.6 is 11.3 Å². The van der Waals surface area contributed by atoms with E-state index in [-0.39, 0.29) is 0 Å². The van der Waals surface area contributed by atoms with Crippen LogP contribution in [0, 0.1) is 6.92 Å². The number of aromatic nitrogens is 1. The normalized spacial score (nSPS) is 10.1. The van der Waals surface area contributed by atoms with E-state index >= 15 is 0 Å². The predicted octanol–water partition coefficient (Wildman–Crippen LogP) is 3.07. The molecular formula is C12H14N2OS. The number of hydrogen-bond donors (Lipinski definition) is 1. The van der Waals surface area contributed by atoms with Gasteiger partial charge in [-0.2, -0.15) is 0 Å². The van der Waals surface area contributed by atoms with E-state index in [4.69, 9.17) is 4.74 Å². The van der Waals surface area contributed by atoms with Crippen LogP contribution in [0.4, 0.5) is 5.69 Å². The molecule has 0 atom stereocenters. The van der Waals surface area contributed by atoms with E-state index in [1.807, 2.05) is 36.7 Å². The van der Waals surface area contributed by atoms with Gasteiger partial charge < -0.3 is 10.1 Å². The number of aryl methyl sites for hydroxylation is 1. The lowest BCUT2D eigenvalue weighted by Crippen LogP contribution is -1.98. The maximum atomic E-state index is 5.10. The van der Waals surface area contributed by atoms with Crippen molar-refractivity contribution in [2.45, 2.75) is 13.5 Å². The predicted molar refractivity (Wildman–Crippen MR) is 67.2 cm³/mol. The van der Waals surface area contributed by atoms with Crippen molar-refractivity contribution in [1.29, 1.82) is 0 Å². The van der Waals surface area contributed by atoms with Crippen LogP contribution in [0.2, 0.25) is 0 Å². The zero-order valence-corrected chi connectivity index (χ0v) is 10.2. The lowest BCUT2D eigenvalue weighted by Gasteiger charge is -2.06. The number of methoxy groups -OCH3 is 1. The van der Waals surface area contributed by atoms with E-state index in [9.17, 15) is 0 Å². The zero-order chi connectivity index (χ0) is 11.4. The smallest absolute Gasteiger partial charge is 0.119 e. The van der Waals surface area contributed by atoms with Gasteiger partial charge in [0.15, 0.2) is 0 Å². The fraction of sp³-hybridized carbons (Fsp3) is 0.250. The summed E-state index contributed by atoms with van der Waals surface area (Å²) in [7, 11) is 1.67.